The number of piperidine rings is 2. The number of hydrogen-bond acceptors (Lipinski definition) is 15. The van der Waals surface area contributed by atoms with Gasteiger partial charge in [-0.25, -0.2) is 14.4 Å². The van der Waals surface area contributed by atoms with Crippen LogP contribution in [0.1, 0.15) is 71.4 Å². The van der Waals surface area contributed by atoms with Gasteiger partial charge in [-0.15, -0.1) is 5.06 Å². The molecular weight excluding hydrogens is 993 g/mol. The Balaban J connectivity index is 0.000000193. The van der Waals surface area contributed by atoms with E-state index in [1.807, 2.05) is 62.4 Å². The molecule has 0 unspecified atom stereocenters. The first-order valence-electron chi connectivity index (χ1n) is 26.2. The van der Waals surface area contributed by atoms with E-state index in [1.54, 1.807) is 96.2 Å². The summed E-state index contributed by atoms with van der Waals surface area (Å²) in [6.45, 7) is 14.4. The van der Waals surface area contributed by atoms with E-state index in [2.05, 4.69) is 38.1 Å². The smallest absolute Gasteiger partial charge is 0.492 e. The van der Waals surface area contributed by atoms with Crippen LogP contribution in [0.2, 0.25) is 0 Å². The van der Waals surface area contributed by atoms with Crippen LogP contribution in [0.15, 0.2) is 110 Å². The van der Waals surface area contributed by atoms with Crippen LogP contribution < -0.4 is 34.9 Å². The van der Waals surface area contributed by atoms with Crippen molar-refractivity contribution in [1.29, 1.82) is 10.5 Å². The van der Waals surface area contributed by atoms with Gasteiger partial charge in [0.15, 0.2) is 0 Å². The van der Waals surface area contributed by atoms with E-state index >= 15 is 0 Å². The van der Waals surface area contributed by atoms with Gasteiger partial charge in [0.2, 0.25) is 0 Å². The number of amides is 2. The highest BCUT2D eigenvalue weighted by molar-refractivity contribution is 5.94. The minimum absolute atomic E-state index is 0.168. The number of ether oxygens (including phenoxy) is 5. The van der Waals surface area contributed by atoms with Gasteiger partial charge in [-0.1, -0.05) is 0 Å². The lowest BCUT2D eigenvalue weighted by atomic mass is 9.99. The molecule has 2 saturated heterocycles. The van der Waals surface area contributed by atoms with Crippen molar-refractivity contribution in [3.05, 3.63) is 121 Å². The van der Waals surface area contributed by atoms with Gasteiger partial charge < -0.3 is 44.5 Å². The number of fused-ring (bicyclic) bond motifs is 4. The Morgan fingerprint density at radius 2 is 1.12 bits per heavy atom. The number of carbonyl (C=O) groups is 3. The second kappa shape index (κ2) is 24.4. The highest BCUT2D eigenvalue weighted by atomic mass is 16.8. The SMILES string of the molecule is CCNC(=O)n1ccc2cc(Oc3ccnc4cc(OCC5CCN(OC(=O)OC(C)(C)C)CC5)c(C#N)cc34)ccc21.CCNC(=O)n1ccc2cc(Oc3ccnc4cc(OCC5CCNCC5)c(C#N)cc34)ccc21. The van der Waals surface area contributed by atoms with E-state index in [4.69, 9.17) is 28.5 Å². The van der Waals surface area contributed by atoms with Gasteiger partial charge in [0.1, 0.15) is 52.2 Å². The molecule has 0 atom stereocenters. The highest BCUT2D eigenvalue weighted by Gasteiger charge is 2.26. The van der Waals surface area contributed by atoms with Crippen LogP contribution in [0.25, 0.3) is 43.6 Å². The minimum atomic E-state index is -0.705. The number of pyridine rings is 2. The van der Waals surface area contributed by atoms with Gasteiger partial charge in [-0.3, -0.25) is 19.1 Å². The standard InChI is InChI=1S/C32H35N5O6.C27H27N5O3/c1-5-34-30(38)37-15-11-22-16-24(6-7-27(22)37)41-28-8-12-35-26-18-29(23(19-33)17-25(26)28)40-20-21-9-13-36(14-10-21)43-31(39)42-32(2,3)4;1-2-30-27(33)32-12-8-19-13-21(3-4-24(19)32)35-25-7-11-31-23-15-26(20(16-28)14-22(23)25)34-17-18-5-9-29-10-6-18/h6-8,11-12,15-18,21H,5,9-10,13-14,20H2,1-4H3,(H,34,38);3-4,7-8,11-15,18,29H,2,5-6,9-10,17H2,1H3,(H,30,33). The molecule has 4 aromatic carbocycles. The van der Waals surface area contributed by atoms with Gasteiger partial charge in [0.05, 0.1) is 46.4 Å². The number of rotatable bonds is 13. The summed E-state index contributed by atoms with van der Waals surface area (Å²) < 4.78 is 33.0. The molecule has 2 aliphatic rings. The summed E-state index contributed by atoms with van der Waals surface area (Å²) in [5, 5.41) is 33.4. The molecule has 0 bridgehead atoms. The fourth-order valence-electron chi connectivity index (χ4n) is 9.34. The number of benzene rings is 4. The maximum atomic E-state index is 12.3. The van der Waals surface area contributed by atoms with Crippen LogP contribution in [0.4, 0.5) is 14.4 Å². The monoisotopic (exact) mass is 1050 g/mol. The molecule has 8 aromatic rings. The molecule has 19 nitrogen and oxygen atoms in total. The molecule has 0 radical (unpaired) electrons. The molecule has 6 heterocycles. The average molecular weight is 1060 g/mol. The maximum absolute atomic E-state index is 12.3. The quantitative estimate of drug-likeness (QED) is 0.0912. The van der Waals surface area contributed by atoms with Crippen molar-refractivity contribution >= 4 is 61.8 Å². The number of hydroxylamine groups is 2. The average Bonchev–Trinajstić information content (AvgIpc) is 4.13. The third kappa shape index (κ3) is 13.0. The van der Waals surface area contributed by atoms with Crippen LogP contribution in [0.5, 0.6) is 34.5 Å². The predicted octanol–water partition coefficient (Wildman–Crippen LogP) is 11.2. The zero-order chi connectivity index (χ0) is 54.8. The van der Waals surface area contributed by atoms with Crippen molar-refractivity contribution in [2.45, 2.75) is 65.9 Å². The van der Waals surface area contributed by atoms with Gasteiger partial charge in [0, 0.05) is 84.6 Å². The van der Waals surface area contributed by atoms with Crippen LogP contribution in [0.3, 0.4) is 0 Å². The summed E-state index contributed by atoms with van der Waals surface area (Å²) in [4.78, 5) is 50.8. The number of nitriles is 2. The van der Waals surface area contributed by atoms with E-state index in [1.165, 1.54) is 0 Å². The maximum Gasteiger partial charge on any atom is 0.528 e. The Labute approximate surface area is 451 Å². The molecule has 19 heteroatoms. The van der Waals surface area contributed by atoms with Crippen molar-refractivity contribution in [1.82, 2.24) is 40.1 Å². The van der Waals surface area contributed by atoms with Crippen LogP contribution in [0, 0.1) is 34.5 Å². The lowest BCUT2D eigenvalue weighted by molar-refractivity contribution is -0.156. The van der Waals surface area contributed by atoms with Gasteiger partial charge >= 0.3 is 18.2 Å². The molecule has 0 aliphatic carbocycles. The fourth-order valence-corrected chi connectivity index (χ4v) is 9.34. The van der Waals surface area contributed by atoms with E-state index in [-0.39, 0.29) is 18.0 Å². The van der Waals surface area contributed by atoms with Gasteiger partial charge in [-0.05, 0) is 158 Å². The molecule has 78 heavy (non-hydrogen) atoms. The van der Waals surface area contributed by atoms with Crippen molar-refractivity contribution in [3.8, 4) is 46.6 Å². The third-order valence-corrected chi connectivity index (χ3v) is 13.3. The first-order chi connectivity index (χ1) is 37.8. The highest BCUT2D eigenvalue weighted by Crippen LogP contribution is 2.37. The fraction of sp³-hybridized carbons (Fsp3) is 0.339. The lowest BCUT2D eigenvalue weighted by Crippen LogP contribution is -2.38. The van der Waals surface area contributed by atoms with Crippen LogP contribution >= 0.6 is 0 Å². The Morgan fingerprint density at radius 1 is 0.641 bits per heavy atom. The van der Waals surface area contributed by atoms with E-state index < -0.39 is 11.8 Å². The first kappa shape index (κ1) is 53.9. The second-order valence-corrected chi connectivity index (χ2v) is 20.0. The number of nitrogens with zero attached hydrogens (tertiary/aromatic N) is 7. The normalized spacial score (nSPS) is 14.2. The Morgan fingerprint density at radius 3 is 1.56 bits per heavy atom. The summed E-state index contributed by atoms with van der Waals surface area (Å²) in [6, 6.07) is 29.6. The van der Waals surface area contributed by atoms with Crippen molar-refractivity contribution in [3.63, 3.8) is 0 Å². The van der Waals surface area contributed by atoms with Crippen molar-refractivity contribution in [2.24, 2.45) is 11.8 Å². The molecule has 402 valence electrons. The number of hydrogen-bond donors (Lipinski definition) is 3. The Hall–Kier alpha value is -8.91. The molecule has 2 aliphatic heterocycles. The minimum Gasteiger partial charge on any atom is -0.492 e. The zero-order valence-electron chi connectivity index (χ0n) is 44.3. The Kier molecular flexibility index (Phi) is 16.9. The summed E-state index contributed by atoms with van der Waals surface area (Å²) in [7, 11) is 0. The second-order valence-electron chi connectivity index (χ2n) is 20.0. The van der Waals surface area contributed by atoms with Gasteiger partial charge in [-0.2, -0.15) is 10.5 Å². The van der Waals surface area contributed by atoms with E-state index in [9.17, 15) is 24.9 Å². The summed E-state index contributed by atoms with van der Waals surface area (Å²) in [5.74, 6) is 4.10. The molecule has 10 rings (SSSR count). The molecule has 3 N–H and O–H groups in total. The first-order valence-corrected chi connectivity index (χ1v) is 26.2. The largest absolute Gasteiger partial charge is 0.528 e. The van der Waals surface area contributed by atoms with Crippen LogP contribution in [-0.4, -0.2) is 100 Å². The van der Waals surface area contributed by atoms with E-state index in [0.717, 1.165) is 66.0 Å². The van der Waals surface area contributed by atoms with Gasteiger partial charge in [0.25, 0.3) is 0 Å². The van der Waals surface area contributed by atoms with Crippen molar-refractivity contribution < 1.29 is 42.9 Å². The molecule has 4 aromatic heterocycles. The van der Waals surface area contributed by atoms with E-state index in [0.29, 0.717) is 107 Å². The predicted molar refractivity (Wildman–Crippen MR) is 294 cm³/mol. The molecule has 0 spiro atoms. The molecular formula is C59H62N10O9. The third-order valence-electron chi connectivity index (χ3n) is 13.3. The topological polar surface area (TPSA) is 229 Å². The molecule has 2 amide bonds. The molecule has 0 saturated carbocycles. The summed E-state index contributed by atoms with van der Waals surface area (Å²) in [6.07, 6.45) is 9.78. The number of aromatic nitrogens is 4. The summed E-state index contributed by atoms with van der Waals surface area (Å²) >= 11 is 0. The zero-order valence-corrected chi connectivity index (χ0v) is 44.3. The van der Waals surface area contributed by atoms with Crippen LogP contribution in [-0.2, 0) is 9.57 Å². The number of nitrogens with one attached hydrogen (secondary N) is 3. The number of carbonyl (C=O) groups excluding carboxylic acids is 3. The molecule has 2 fully saturated rings. The lowest BCUT2D eigenvalue weighted by Gasteiger charge is -2.31. The Bertz CT molecular complexity index is 3560. The summed E-state index contributed by atoms with van der Waals surface area (Å²) in [5.41, 5.74) is 3.13. The van der Waals surface area contributed by atoms with Crippen molar-refractivity contribution in [2.75, 3.05) is 52.5 Å².